The second-order valence-electron chi connectivity index (χ2n) is 11.0. The summed E-state index contributed by atoms with van der Waals surface area (Å²) in [6.45, 7) is 3.95. The first-order chi connectivity index (χ1) is 17.6. The second kappa shape index (κ2) is 10.9. The van der Waals surface area contributed by atoms with Gasteiger partial charge in [0.15, 0.2) is 9.84 Å². The van der Waals surface area contributed by atoms with Crippen molar-refractivity contribution >= 4 is 15.6 Å². The second-order valence-corrected chi connectivity index (χ2v) is 13.0. The summed E-state index contributed by atoms with van der Waals surface area (Å²) in [6, 6.07) is 14.3. The molecule has 0 aliphatic heterocycles. The molecule has 0 radical (unpaired) electrons. The van der Waals surface area contributed by atoms with Crippen LogP contribution in [0.15, 0.2) is 76.7 Å². The number of sulfone groups is 1. The van der Waals surface area contributed by atoms with Crippen molar-refractivity contribution in [2.45, 2.75) is 69.1 Å². The van der Waals surface area contributed by atoms with Gasteiger partial charge in [0.25, 0.3) is 0 Å². The maximum absolute atomic E-state index is 13.4. The zero-order valence-electron chi connectivity index (χ0n) is 22.4. The van der Waals surface area contributed by atoms with E-state index < -0.39 is 15.3 Å². The highest BCUT2D eigenvalue weighted by atomic mass is 32.2. The molecule has 4 rings (SSSR count). The van der Waals surface area contributed by atoms with Crippen LogP contribution in [-0.4, -0.2) is 34.2 Å². The number of methoxy groups -OCH3 is 2. The number of rotatable bonds is 9. The Morgan fingerprint density at radius 1 is 0.946 bits per heavy atom. The van der Waals surface area contributed by atoms with Crippen LogP contribution in [0.1, 0.15) is 64.4 Å². The molecule has 1 atom stereocenters. The van der Waals surface area contributed by atoms with Gasteiger partial charge in [-0.2, -0.15) is 0 Å². The van der Waals surface area contributed by atoms with Gasteiger partial charge in [0, 0.05) is 12.0 Å². The van der Waals surface area contributed by atoms with Gasteiger partial charge in [-0.05, 0) is 88.1 Å². The molecule has 0 N–H and O–H groups in total. The van der Waals surface area contributed by atoms with Crippen molar-refractivity contribution in [1.29, 1.82) is 0 Å². The molecular weight excluding hydrogens is 484 g/mol. The fourth-order valence-corrected chi connectivity index (χ4v) is 7.19. The van der Waals surface area contributed by atoms with E-state index in [0.29, 0.717) is 17.1 Å². The lowest BCUT2D eigenvalue weighted by Crippen LogP contribution is -2.30. The van der Waals surface area contributed by atoms with E-state index in [0.717, 1.165) is 55.4 Å². The normalized spacial score (nSPS) is 20.2. The number of hydrogen-bond donors (Lipinski definition) is 0. The van der Waals surface area contributed by atoms with E-state index in [1.807, 2.05) is 38.1 Å². The summed E-state index contributed by atoms with van der Waals surface area (Å²) < 4.78 is 36.7. The molecule has 0 saturated heterocycles. The van der Waals surface area contributed by atoms with Gasteiger partial charge in [0.2, 0.25) is 0 Å². The Bertz CT molecular complexity index is 1300. The first kappa shape index (κ1) is 27.2. The van der Waals surface area contributed by atoms with Gasteiger partial charge >= 0.3 is 0 Å². The molecule has 0 saturated carbocycles. The first-order valence-corrected chi connectivity index (χ1v) is 14.6. The number of benzene rings is 2. The van der Waals surface area contributed by atoms with Gasteiger partial charge in [0.1, 0.15) is 17.3 Å². The summed E-state index contributed by atoms with van der Waals surface area (Å²) in [5.74, 6) is 1.63. The van der Waals surface area contributed by atoms with Crippen LogP contribution in [-0.2, 0) is 20.0 Å². The van der Waals surface area contributed by atoms with Crippen molar-refractivity contribution in [3.05, 3.63) is 77.4 Å². The number of ether oxygens (including phenoxy) is 2. The number of hydrogen-bond acceptors (Lipinski definition) is 5. The number of carbonyl (C=O) groups is 1. The van der Waals surface area contributed by atoms with Crippen LogP contribution in [0.5, 0.6) is 11.5 Å². The molecule has 0 fully saturated rings. The molecule has 2 aliphatic rings. The fraction of sp³-hybridized carbons (Fsp3) is 0.452. The van der Waals surface area contributed by atoms with Gasteiger partial charge < -0.3 is 9.47 Å². The minimum absolute atomic E-state index is 0.0568. The lowest BCUT2D eigenvalue weighted by molar-refractivity contribution is -0.122. The van der Waals surface area contributed by atoms with Crippen LogP contribution in [0.2, 0.25) is 0 Å². The monoisotopic (exact) mass is 522 g/mol. The van der Waals surface area contributed by atoms with Crippen molar-refractivity contribution in [2.75, 3.05) is 20.0 Å². The van der Waals surface area contributed by atoms with Gasteiger partial charge in [-0.25, -0.2) is 8.42 Å². The lowest BCUT2D eigenvalue weighted by atomic mass is 9.75. The quantitative estimate of drug-likeness (QED) is 0.346. The molecule has 0 aromatic heterocycles. The third-order valence-electron chi connectivity index (χ3n) is 8.17. The van der Waals surface area contributed by atoms with Crippen molar-refractivity contribution < 1.29 is 22.7 Å². The zero-order chi connectivity index (χ0) is 26.7. The Hall–Kier alpha value is -2.86. The van der Waals surface area contributed by atoms with E-state index in [1.54, 1.807) is 38.5 Å². The fourth-order valence-electron chi connectivity index (χ4n) is 5.72. The summed E-state index contributed by atoms with van der Waals surface area (Å²) in [5, 5.41) is 0. The molecule has 0 heterocycles. The molecule has 2 aliphatic carbocycles. The predicted octanol–water partition coefficient (Wildman–Crippen LogP) is 6.62. The van der Waals surface area contributed by atoms with Crippen molar-refractivity contribution in [3.63, 3.8) is 0 Å². The van der Waals surface area contributed by atoms with Crippen LogP contribution in [0.3, 0.4) is 0 Å². The van der Waals surface area contributed by atoms with Crippen LogP contribution in [0, 0.1) is 5.41 Å². The molecule has 1 spiro atoms. The highest BCUT2D eigenvalue weighted by Gasteiger charge is 2.38. The van der Waals surface area contributed by atoms with Gasteiger partial charge in [-0.3, -0.25) is 4.79 Å². The van der Waals surface area contributed by atoms with Crippen LogP contribution >= 0.6 is 0 Å². The van der Waals surface area contributed by atoms with Crippen molar-refractivity contribution in [3.8, 4) is 11.5 Å². The largest absolute Gasteiger partial charge is 0.497 e. The highest BCUT2D eigenvalue weighted by Crippen LogP contribution is 2.49. The minimum atomic E-state index is -3.40. The molecule has 0 bridgehead atoms. The lowest BCUT2D eigenvalue weighted by Gasteiger charge is -2.29. The molecule has 0 amide bonds. The Morgan fingerprint density at radius 2 is 1.68 bits per heavy atom. The van der Waals surface area contributed by atoms with Crippen LogP contribution in [0.4, 0.5) is 0 Å². The van der Waals surface area contributed by atoms with Gasteiger partial charge in [0.05, 0.1) is 30.3 Å². The molecule has 5 nitrogen and oxygen atoms in total. The van der Waals surface area contributed by atoms with Crippen molar-refractivity contribution in [1.82, 2.24) is 0 Å². The van der Waals surface area contributed by atoms with Crippen LogP contribution < -0.4 is 9.47 Å². The predicted molar refractivity (Wildman–Crippen MR) is 147 cm³/mol. The summed E-state index contributed by atoms with van der Waals surface area (Å²) >= 11 is 0. The highest BCUT2D eigenvalue weighted by molar-refractivity contribution is 7.91. The average Bonchev–Trinajstić information content (AvgIpc) is 3.18. The average molecular weight is 523 g/mol. The molecule has 6 heteroatoms. The number of para-hydroxylation sites is 1. The third kappa shape index (κ3) is 6.01. The summed E-state index contributed by atoms with van der Waals surface area (Å²) in [4.78, 5) is 13.8. The molecule has 2 aromatic carbocycles. The van der Waals surface area contributed by atoms with Gasteiger partial charge in [-0.15, -0.1) is 0 Å². The first-order valence-electron chi connectivity index (χ1n) is 13.0. The van der Waals surface area contributed by atoms with Crippen LogP contribution in [0.25, 0.3) is 0 Å². The van der Waals surface area contributed by atoms with E-state index >= 15 is 0 Å². The van der Waals surface area contributed by atoms with E-state index in [4.69, 9.17) is 9.47 Å². The molecule has 198 valence electrons. The summed E-state index contributed by atoms with van der Waals surface area (Å²) in [7, 11) is -0.199. The maximum Gasteiger partial charge on any atom is 0.182 e. The number of carbonyl (C=O) groups excluding carboxylic acids is 1. The third-order valence-corrected chi connectivity index (χ3v) is 9.91. The Kier molecular flexibility index (Phi) is 7.98. The standard InChI is InChI=1S/C31H38O5S/c1-30(2,27-9-5-6-10-28(27)36-4)29(32)20-24-16-19-31(21-24)17-7-8-23(15-18-31)22-37(33,34)26-13-11-25(35-3)12-14-26/h5-6,8-14,16H,7,15,17-22H2,1-4H3. The smallest absolute Gasteiger partial charge is 0.182 e. The molecule has 2 aromatic rings. The summed E-state index contributed by atoms with van der Waals surface area (Å²) in [6.07, 6.45) is 10.3. The number of ketones is 1. The summed E-state index contributed by atoms with van der Waals surface area (Å²) in [5.41, 5.74) is 2.60. The topological polar surface area (TPSA) is 69.7 Å². The SMILES string of the molecule is COc1ccc(S(=O)(=O)CC2=CCCC3(CC=C(CC(=O)C(C)(C)c4ccccc4OC)C3)CC2)cc1. The Balaban J connectivity index is 1.36. The minimum Gasteiger partial charge on any atom is -0.497 e. The Morgan fingerprint density at radius 3 is 2.38 bits per heavy atom. The van der Waals surface area contributed by atoms with E-state index in [9.17, 15) is 13.2 Å². The maximum atomic E-state index is 13.4. The Labute approximate surface area is 221 Å². The molecular formula is C31H38O5S. The zero-order valence-corrected chi connectivity index (χ0v) is 23.2. The molecule has 37 heavy (non-hydrogen) atoms. The van der Waals surface area contributed by atoms with E-state index in [2.05, 4.69) is 12.2 Å². The van der Waals surface area contributed by atoms with E-state index in [1.165, 1.54) is 5.57 Å². The molecule has 1 unspecified atom stereocenters. The van der Waals surface area contributed by atoms with E-state index in [-0.39, 0.29) is 17.0 Å². The van der Waals surface area contributed by atoms with Gasteiger partial charge in [-0.1, -0.05) is 41.5 Å². The number of Topliss-reactive ketones (excluding diaryl/α,β-unsaturated/α-hetero) is 1. The number of allylic oxidation sites excluding steroid dienone is 3. The van der Waals surface area contributed by atoms with Crippen molar-refractivity contribution in [2.24, 2.45) is 5.41 Å².